The Kier molecular flexibility index (Phi) is 5.68. The van der Waals surface area contributed by atoms with Crippen LogP contribution in [0.15, 0.2) is 48.5 Å². The monoisotopic (exact) mass is 389 g/mol. The molecule has 2 aliphatic heterocycles. The van der Waals surface area contributed by atoms with Crippen LogP contribution < -0.4 is 15.5 Å². The van der Waals surface area contributed by atoms with E-state index in [9.17, 15) is 4.79 Å². The molecule has 2 heterocycles. The number of nitrogens with zero attached hydrogens (tertiary/aromatic N) is 3. The lowest BCUT2D eigenvalue weighted by atomic mass is 10.2. The Bertz CT molecular complexity index is 904. The second-order valence-corrected chi connectivity index (χ2v) is 7.94. The maximum Gasteiger partial charge on any atom is 0.323 e. The fourth-order valence-corrected chi connectivity index (χ4v) is 4.46. The van der Waals surface area contributed by atoms with Gasteiger partial charge in [-0.05, 0) is 75.2 Å². The molecule has 0 saturated carbocycles. The highest BCUT2D eigenvalue weighted by atomic mass is 16.2. The summed E-state index contributed by atoms with van der Waals surface area (Å²) in [6, 6.07) is 18.0. The van der Waals surface area contributed by atoms with Crippen molar-refractivity contribution in [3.63, 3.8) is 0 Å². The third-order valence-electron chi connectivity index (χ3n) is 5.98. The molecule has 2 aromatic carbocycles. The van der Waals surface area contributed by atoms with E-state index in [1.807, 2.05) is 12.1 Å². The van der Waals surface area contributed by atoms with Crippen molar-refractivity contribution in [1.82, 2.24) is 4.90 Å². The van der Waals surface area contributed by atoms with Gasteiger partial charge in [-0.25, -0.2) is 4.79 Å². The maximum atomic E-state index is 12.2. The zero-order valence-electron chi connectivity index (χ0n) is 16.8. The molecule has 29 heavy (non-hydrogen) atoms. The lowest BCUT2D eigenvalue weighted by Gasteiger charge is -2.28. The highest BCUT2D eigenvalue weighted by molar-refractivity contribution is 5.99. The predicted octanol–water partition coefficient (Wildman–Crippen LogP) is 4.27. The topological polar surface area (TPSA) is 71.4 Å². The predicted molar refractivity (Wildman–Crippen MR) is 116 cm³/mol. The molecule has 150 valence electrons. The quantitative estimate of drug-likeness (QED) is 0.819. The molecule has 2 aromatic rings. The number of hydrogen-bond acceptors (Lipinski definition) is 4. The van der Waals surface area contributed by atoms with E-state index in [0.717, 1.165) is 18.8 Å². The van der Waals surface area contributed by atoms with E-state index in [1.165, 1.54) is 31.5 Å². The number of anilines is 3. The summed E-state index contributed by atoms with van der Waals surface area (Å²) >= 11 is 0. The molecule has 2 fully saturated rings. The van der Waals surface area contributed by atoms with Crippen molar-refractivity contribution in [2.24, 2.45) is 0 Å². The standard InChI is InChI=1S/C23H27N5O/c1-17-4-3-12-28(17)22-11-13-27(16-22)21-9-7-19(8-10-21)25-23(29)26-20-6-2-5-18(14-20)15-24/h2,5-10,14,17,22H,3-4,11-13,16H2,1H3,(H2,25,26,29). The molecule has 2 saturated heterocycles. The first-order valence-electron chi connectivity index (χ1n) is 10.3. The van der Waals surface area contributed by atoms with Crippen LogP contribution in [0.3, 0.4) is 0 Å². The number of carbonyl (C=O) groups is 1. The normalized spacial score (nSPS) is 21.7. The summed E-state index contributed by atoms with van der Waals surface area (Å²) < 4.78 is 0. The first kappa shape index (κ1) is 19.3. The average Bonchev–Trinajstić information content (AvgIpc) is 3.37. The molecule has 4 rings (SSSR count). The van der Waals surface area contributed by atoms with Gasteiger partial charge >= 0.3 is 6.03 Å². The molecule has 6 heteroatoms. The Balaban J connectivity index is 1.32. The summed E-state index contributed by atoms with van der Waals surface area (Å²) in [7, 11) is 0. The summed E-state index contributed by atoms with van der Waals surface area (Å²) in [5.74, 6) is 0. The first-order chi connectivity index (χ1) is 14.1. The smallest absolute Gasteiger partial charge is 0.323 e. The number of nitriles is 1. The van der Waals surface area contributed by atoms with E-state index in [1.54, 1.807) is 24.3 Å². The average molecular weight is 390 g/mol. The van der Waals surface area contributed by atoms with Crippen molar-refractivity contribution >= 4 is 23.1 Å². The van der Waals surface area contributed by atoms with E-state index >= 15 is 0 Å². The van der Waals surface area contributed by atoms with Crippen LogP contribution in [0.4, 0.5) is 21.9 Å². The molecule has 0 bridgehead atoms. The first-order valence-corrected chi connectivity index (χ1v) is 10.3. The Morgan fingerprint density at radius 1 is 1.07 bits per heavy atom. The molecule has 2 N–H and O–H groups in total. The molecule has 0 radical (unpaired) electrons. The Morgan fingerprint density at radius 2 is 1.86 bits per heavy atom. The SMILES string of the molecule is CC1CCCN1C1CCN(c2ccc(NC(=O)Nc3cccc(C#N)c3)cc2)C1. The summed E-state index contributed by atoms with van der Waals surface area (Å²) in [4.78, 5) is 17.3. The largest absolute Gasteiger partial charge is 0.370 e. The van der Waals surface area contributed by atoms with Crippen molar-refractivity contribution in [1.29, 1.82) is 5.26 Å². The van der Waals surface area contributed by atoms with Gasteiger partial charge in [0.25, 0.3) is 0 Å². The van der Waals surface area contributed by atoms with Gasteiger partial charge in [0.05, 0.1) is 11.6 Å². The van der Waals surface area contributed by atoms with Gasteiger partial charge in [-0.1, -0.05) is 6.07 Å². The van der Waals surface area contributed by atoms with Crippen LogP contribution >= 0.6 is 0 Å². The summed E-state index contributed by atoms with van der Waals surface area (Å²) in [6.07, 6.45) is 3.86. The maximum absolute atomic E-state index is 12.2. The van der Waals surface area contributed by atoms with Crippen molar-refractivity contribution in [3.8, 4) is 6.07 Å². The third-order valence-corrected chi connectivity index (χ3v) is 5.98. The van der Waals surface area contributed by atoms with E-state index < -0.39 is 0 Å². The fourth-order valence-electron chi connectivity index (χ4n) is 4.46. The Hall–Kier alpha value is -3.04. The van der Waals surface area contributed by atoms with Gasteiger partial charge < -0.3 is 15.5 Å². The van der Waals surface area contributed by atoms with E-state index in [2.05, 4.69) is 45.6 Å². The van der Waals surface area contributed by atoms with Crippen LogP contribution in [-0.2, 0) is 0 Å². The zero-order chi connectivity index (χ0) is 20.2. The Labute approximate surface area is 172 Å². The van der Waals surface area contributed by atoms with Gasteiger partial charge in [0.15, 0.2) is 0 Å². The number of rotatable bonds is 4. The molecule has 0 spiro atoms. The van der Waals surface area contributed by atoms with Crippen LogP contribution in [0, 0.1) is 11.3 Å². The lowest BCUT2D eigenvalue weighted by Crippen LogP contribution is -2.39. The van der Waals surface area contributed by atoms with Crippen molar-refractivity contribution in [2.45, 2.75) is 38.3 Å². The van der Waals surface area contributed by atoms with Gasteiger partial charge in [-0.15, -0.1) is 0 Å². The minimum absolute atomic E-state index is 0.322. The number of benzene rings is 2. The van der Waals surface area contributed by atoms with Gasteiger partial charge in [0, 0.05) is 42.2 Å². The number of nitrogens with one attached hydrogen (secondary N) is 2. The minimum atomic E-state index is -0.322. The number of hydrogen-bond donors (Lipinski definition) is 2. The molecule has 2 aliphatic rings. The number of amides is 2. The van der Waals surface area contributed by atoms with Crippen molar-refractivity contribution in [2.75, 3.05) is 35.2 Å². The molecule has 6 nitrogen and oxygen atoms in total. The third kappa shape index (κ3) is 4.52. The second kappa shape index (κ2) is 8.54. The number of carbonyl (C=O) groups excluding carboxylic acids is 1. The van der Waals surface area contributed by atoms with Crippen LogP contribution in [-0.4, -0.2) is 42.6 Å². The molecular weight excluding hydrogens is 362 g/mol. The highest BCUT2D eigenvalue weighted by Gasteiger charge is 2.32. The molecule has 0 aromatic heterocycles. The molecule has 2 atom stereocenters. The van der Waals surface area contributed by atoms with Gasteiger partial charge in [-0.3, -0.25) is 4.90 Å². The molecule has 2 unspecified atom stereocenters. The van der Waals surface area contributed by atoms with Crippen LogP contribution in [0.25, 0.3) is 0 Å². The Morgan fingerprint density at radius 3 is 2.59 bits per heavy atom. The summed E-state index contributed by atoms with van der Waals surface area (Å²) in [6.45, 7) is 5.73. The van der Waals surface area contributed by atoms with Crippen molar-refractivity contribution in [3.05, 3.63) is 54.1 Å². The minimum Gasteiger partial charge on any atom is -0.370 e. The molecule has 0 aliphatic carbocycles. The van der Waals surface area contributed by atoms with Crippen LogP contribution in [0.5, 0.6) is 0 Å². The van der Waals surface area contributed by atoms with Crippen LogP contribution in [0.1, 0.15) is 31.7 Å². The number of urea groups is 1. The van der Waals surface area contributed by atoms with E-state index in [-0.39, 0.29) is 6.03 Å². The van der Waals surface area contributed by atoms with Gasteiger partial charge in [-0.2, -0.15) is 5.26 Å². The van der Waals surface area contributed by atoms with E-state index in [4.69, 9.17) is 5.26 Å². The lowest BCUT2D eigenvalue weighted by molar-refractivity contribution is 0.204. The fraction of sp³-hybridized carbons (Fsp3) is 0.391. The highest BCUT2D eigenvalue weighted by Crippen LogP contribution is 2.28. The van der Waals surface area contributed by atoms with E-state index in [0.29, 0.717) is 23.3 Å². The van der Waals surface area contributed by atoms with Gasteiger partial charge in [0.2, 0.25) is 0 Å². The summed E-state index contributed by atoms with van der Waals surface area (Å²) in [5, 5.41) is 14.6. The second-order valence-electron chi connectivity index (χ2n) is 7.94. The van der Waals surface area contributed by atoms with Gasteiger partial charge in [0.1, 0.15) is 0 Å². The number of likely N-dealkylation sites (tertiary alicyclic amines) is 1. The summed E-state index contributed by atoms with van der Waals surface area (Å²) in [5.41, 5.74) is 3.05. The van der Waals surface area contributed by atoms with Crippen LogP contribution in [0.2, 0.25) is 0 Å². The van der Waals surface area contributed by atoms with Crippen molar-refractivity contribution < 1.29 is 4.79 Å². The molecular formula is C23H27N5O. The molecule has 2 amide bonds. The zero-order valence-corrected chi connectivity index (χ0v) is 16.8.